The first kappa shape index (κ1) is 13.6. The van der Waals surface area contributed by atoms with Gasteiger partial charge in [0.15, 0.2) is 5.13 Å². The number of rotatable bonds is 3. The molecule has 0 saturated heterocycles. The van der Waals surface area contributed by atoms with Crippen molar-refractivity contribution in [3.63, 3.8) is 0 Å². The van der Waals surface area contributed by atoms with E-state index in [1.165, 1.54) is 11.3 Å². The van der Waals surface area contributed by atoms with Crippen LogP contribution in [0.15, 0.2) is 60.5 Å². The quantitative estimate of drug-likeness (QED) is 0.629. The summed E-state index contributed by atoms with van der Waals surface area (Å²) in [6.07, 6.45) is 7.00. The van der Waals surface area contributed by atoms with Gasteiger partial charge in [0.2, 0.25) is 0 Å². The maximum absolute atomic E-state index is 12.2. The molecule has 112 valence electrons. The molecule has 0 unspecified atom stereocenters. The van der Waals surface area contributed by atoms with Crippen molar-refractivity contribution in [2.24, 2.45) is 0 Å². The standard InChI is InChI=1S/C16H11N5OS/c22-15(20-16-18-7-8-23-16)13-10-21-9-11(4-5-14(21)19-13)12-3-1-2-6-17-12/h1-10H,(H,18,20,22). The molecule has 0 fully saturated rings. The number of amides is 1. The normalized spacial score (nSPS) is 10.8. The molecule has 1 amide bonds. The van der Waals surface area contributed by atoms with E-state index in [1.54, 1.807) is 24.0 Å². The first-order chi connectivity index (χ1) is 11.3. The second-order valence-corrected chi connectivity index (χ2v) is 5.71. The molecule has 0 saturated carbocycles. The van der Waals surface area contributed by atoms with Gasteiger partial charge in [-0.2, -0.15) is 0 Å². The molecule has 0 aliphatic carbocycles. The summed E-state index contributed by atoms with van der Waals surface area (Å²) in [6.45, 7) is 0. The van der Waals surface area contributed by atoms with Crippen molar-refractivity contribution in [2.75, 3.05) is 5.32 Å². The highest BCUT2D eigenvalue weighted by Crippen LogP contribution is 2.18. The van der Waals surface area contributed by atoms with E-state index in [1.807, 2.05) is 40.9 Å². The fourth-order valence-corrected chi connectivity index (χ4v) is 2.76. The fourth-order valence-electron chi connectivity index (χ4n) is 2.23. The highest BCUT2D eigenvalue weighted by Gasteiger charge is 2.12. The number of carbonyl (C=O) groups is 1. The lowest BCUT2D eigenvalue weighted by molar-refractivity contribution is 0.102. The Hall–Kier alpha value is -3.06. The fraction of sp³-hybridized carbons (Fsp3) is 0. The van der Waals surface area contributed by atoms with E-state index < -0.39 is 0 Å². The van der Waals surface area contributed by atoms with Gasteiger partial charge in [-0.1, -0.05) is 6.07 Å². The number of nitrogens with zero attached hydrogens (tertiary/aromatic N) is 4. The van der Waals surface area contributed by atoms with Gasteiger partial charge >= 0.3 is 0 Å². The molecule has 7 heteroatoms. The molecule has 4 aromatic rings. The highest BCUT2D eigenvalue weighted by atomic mass is 32.1. The third-order valence-corrected chi connectivity index (χ3v) is 3.99. The van der Waals surface area contributed by atoms with Crippen LogP contribution in [-0.4, -0.2) is 25.3 Å². The van der Waals surface area contributed by atoms with Gasteiger partial charge in [0, 0.05) is 35.7 Å². The lowest BCUT2D eigenvalue weighted by Crippen LogP contribution is -2.11. The van der Waals surface area contributed by atoms with Crippen molar-refractivity contribution in [2.45, 2.75) is 0 Å². The molecular formula is C16H11N5OS. The minimum absolute atomic E-state index is 0.275. The molecule has 23 heavy (non-hydrogen) atoms. The van der Waals surface area contributed by atoms with Crippen LogP contribution in [0.2, 0.25) is 0 Å². The molecular weight excluding hydrogens is 310 g/mol. The highest BCUT2D eigenvalue weighted by molar-refractivity contribution is 7.13. The summed E-state index contributed by atoms with van der Waals surface area (Å²) in [5.74, 6) is -0.275. The number of aromatic nitrogens is 4. The van der Waals surface area contributed by atoms with Crippen molar-refractivity contribution in [3.8, 4) is 11.3 Å². The van der Waals surface area contributed by atoms with Crippen molar-refractivity contribution < 1.29 is 4.79 Å². The Labute approximate surface area is 135 Å². The molecule has 4 aromatic heterocycles. The number of hydrogen-bond acceptors (Lipinski definition) is 5. The van der Waals surface area contributed by atoms with Crippen LogP contribution in [0.4, 0.5) is 5.13 Å². The molecule has 0 spiro atoms. The molecule has 0 aliphatic rings. The van der Waals surface area contributed by atoms with Crippen LogP contribution in [0.25, 0.3) is 16.9 Å². The molecule has 0 aliphatic heterocycles. The van der Waals surface area contributed by atoms with E-state index in [0.717, 1.165) is 11.3 Å². The van der Waals surface area contributed by atoms with Gasteiger partial charge in [-0.05, 0) is 24.3 Å². The van der Waals surface area contributed by atoms with E-state index >= 15 is 0 Å². The van der Waals surface area contributed by atoms with E-state index in [9.17, 15) is 4.79 Å². The number of hydrogen-bond donors (Lipinski definition) is 1. The SMILES string of the molecule is O=C(Nc1nccs1)c1cn2cc(-c3ccccn3)ccc2n1. The monoisotopic (exact) mass is 321 g/mol. The lowest BCUT2D eigenvalue weighted by atomic mass is 10.2. The average Bonchev–Trinajstić information content (AvgIpc) is 3.24. The zero-order chi connectivity index (χ0) is 15.6. The van der Waals surface area contributed by atoms with Gasteiger partial charge < -0.3 is 4.40 Å². The number of thiazole rings is 1. The Morgan fingerprint density at radius 2 is 2.04 bits per heavy atom. The molecule has 6 nitrogen and oxygen atoms in total. The third kappa shape index (κ3) is 2.69. The lowest BCUT2D eigenvalue weighted by Gasteiger charge is -2.00. The van der Waals surface area contributed by atoms with E-state index in [0.29, 0.717) is 16.5 Å². The van der Waals surface area contributed by atoms with Crippen molar-refractivity contribution in [1.82, 2.24) is 19.4 Å². The van der Waals surface area contributed by atoms with Gasteiger partial charge in [-0.3, -0.25) is 15.1 Å². The largest absolute Gasteiger partial charge is 0.306 e. The number of carbonyl (C=O) groups excluding carboxylic acids is 1. The zero-order valence-electron chi connectivity index (χ0n) is 11.9. The Kier molecular flexibility index (Phi) is 3.32. The first-order valence-electron chi connectivity index (χ1n) is 6.90. The predicted molar refractivity (Wildman–Crippen MR) is 88.5 cm³/mol. The van der Waals surface area contributed by atoms with Gasteiger partial charge in [0.25, 0.3) is 5.91 Å². The molecule has 4 heterocycles. The Morgan fingerprint density at radius 1 is 1.09 bits per heavy atom. The smallest absolute Gasteiger partial charge is 0.277 e. The number of nitrogens with one attached hydrogen (secondary N) is 1. The summed E-state index contributed by atoms with van der Waals surface area (Å²) < 4.78 is 1.82. The minimum atomic E-state index is -0.275. The molecule has 1 N–H and O–H groups in total. The van der Waals surface area contributed by atoms with Crippen LogP contribution in [0.1, 0.15) is 10.5 Å². The third-order valence-electron chi connectivity index (χ3n) is 3.30. The zero-order valence-corrected chi connectivity index (χ0v) is 12.7. The van der Waals surface area contributed by atoms with Gasteiger partial charge in [-0.25, -0.2) is 9.97 Å². The van der Waals surface area contributed by atoms with Crippen molar-refractivity contribution >= 4 is 28.0 Å². The number of imidazole rings is 1. The molecule has 0 bridgehead atoms. The van der Waals surface area contributed by atoms with Gasteiger partial charge in [0.1, 0.15) is 11.3 Å². The summed E-state index contributed by atoms with van der Waals surface area (Å²) in [6, 6.07) is 9.55. The maximum atomic E-state index is 12.2. The first-order valence-corrected chi connectivity index (χ1v) is 7.78. The van der Waals surface area contributed by atoms with Crippen LogP contribution in [0, 0.1) is 0 Å². The van der Waals surface area contributed by atoms with Crippen LogP contribution in [0.5, 0.6) is 0 Å². The average molecular weight is 321 g/mol. The van der Waals surface area contributed by atoms with Crippen LogP contribution >= 0.6 is 11.3 Å². The van der Waals surface area contributed by atoms with Crippen molar-refractivity contribution in [3.05, 3.63) is 66.2 Å². The summed E-state index contributed by atoms with van der Waals surface area (Å²) in [4.78, 5) is 24.9. The maximum Gasteiger partial charge on any atom is 0.277 e. The van der Waals surface area contributed by atoms with Gasteiger partial charge in [0.05, 0.1) is 5.69 Å². The predicted octanol–water partition coefficient (Wildman–Crippen LogP) is 3.11. The van der Waals surface area contributed by atoms with Crippen LogP contribution in [0.3, 0.4) is 0 Å². The number of pyridine rings is 2. The second-order valence-electron chi connectivity index (χ2n) is 4.82. The Morgan fingerprint density at radius 3 is 2.83 bits per heavy atom. The molecule has 0 radical (unpaired) electrons. The second kappa shape index (κ2) is 5.62. The van der Waals surface area contributed by atoms with E-state index in [-0.39, 0.29) is 5.91 Å². The summed E-state index contributed by atoms with van der Waals surface area (Å²) >= 11 is 1.37. The number of fused-ring (bicyclic) bond motifs is 1. The van der Waals surface area contributed by atoms with Crippen LogP contribution in [-0.2, 0) is 0 Å². The summed E-state index contributed by atoms with van der Waals surface area (Å²) in [5.41, 5.74) is 2.88. The Bertz CT molecular complexity index is 963. The summed E-state index contributed by atoms with van der Waals surface area (Å²) in [7, 11) is 0. The van der Waals surface area contributed by atoms with E-state index in [4.69, 9.17) is 0 Å². The van der Waals surface area contributed by atoms with Gasteiger partial charge in [-0.15, -0.1) is 11.3 Å². The molecule has 0 atom stereocenters. The topological polar surface area (TPSA) is 72.2 Å². The van der Waals surface area contributed by atoms with Crippen molar-refractivity contribution in [1.29, 1.82) is 0 Å². The number of anilines is 1. The van der Waals surface area contributed by atoms with E-state index in [2.05, 4.69) is 20.3 Å². The van der Waals surface area contributed by atoms with Crippen LogP contribution < -0.4 is 5.32 Å². The molecule has 4 rings (SSSR count). The summed E-state index contributed by atoms with van der Waals surface area (Å²) in [5, 5.41) is 5.09. The minimum Gasteiger partial charge on any atom is -0.306 e. The molecule has 0 aromatic carbocycles. The Balaban J connectivity index is 1.67.